The number of amides is 4. The number of carbonyl (C=O) groups excluding carboxylic acids is 4. The maximum atomic E-state index is 14.2. The molecule has 3 rings (SSSR count). The third-order valence-electron chi connectivity index (χ3n) is 11.4. The first-order valence-corrected chi connectivity index (χ1v) is 19.8. The van der Waals surface area contributed by atoms with E-state index >= 15 is 0 Å². The van der Waals surface area contributed by atoms with Gasteiger partial charge in [-0.25, -0.2) is 0 Å². The average molecular weight is 753 g/mol. The largest absolute Gasteiger partial charge is 0.379 e. The van der Waals surface area contributed by atoms with E-state index in [9.17, 15) is 19.2 Å². The molecule has 2 N–H and O–H groups in total. The van der Waals surface area contributed by atoms with E-state index in [1.807, 2.05) is 88.8 Å². The minimum absolute atomic E-state index is 0.000330. The normalized spacial score (nSPS) is 18.6. The Labute approximate surface area is 324 Å². The number of hydrogen-bond donors (Lipinski definition) is 2. The van der Waals surface area contributed by atoms with Crippen molar-refractivity contribution in [2.24, 2.45) is 23.7 Å². The Morgan fingerprint density at radius 3 is 2.22 bits per heavy atom. The molecule has 0 aliphatic carbocycles. The van der Waals surface area contributed by atoms with E-state index in [1.54, 1.807) is 32.4 Å². The Morgan fingerprint density at radius 2 is 1.63 bits per heavy atom. The van der Waals surface area contributed by atoms with Crippen LogP contribution < -0.4 is 10.6 Å². The van der Waals surface area contributed by atoms with E-state index < -0.39 is 30.2 Å². The number of carbonyl (C=O) groups is 4. The quantitative estimate of drug-likeness (QED) is 0.202. The maximum absolute atomic E-state index is 14.2. The molecule has 0 spiro atoms. The van der Waals surface area contributed by atoms with E-state index in [1.165, 1.54) is 0 Å². The van der Waals surface area contributed by atoms with Crippen molar-refractivity contribution >= 4 is 34.5 Å². The second kappa shape index (κ2) is 20.9. The van der Waals surface area contributed by atoms with E-state index in [-0.39, 0.29) is 59.9 Å². The van der Waals surface area contributed by atoms with Crippen LogP contribution in [-0.2, 0) is 35.1 Å². The van der Waals surface area contributed by atoms with Gasteiger partial charge in [0, 0.05) is 45.9 Å². The standard InChI is InChI=1S/C42H68N6O6/c1-13-28(6)38(47(10)42(52)36(26(2)3)45-41(51)37(27(4)5)46(8)9)34(53-11)25-35(49)48-24-16-19-33(48)39(54-12)29(7)40(50)44-23-21-30-20-22-43-32-18-15-14-17-31(30)32/h14-15,17-18,20,22,26-29,33-34,36-39H,13,16,19,21,23-25H2,1-12H3,(H,44,50)(H,45,51)/t28-,29+,33-,34+,36-,37-,38?,39+/m0/s1. The Hall–Kier alpha value is -3.61. The summed E-state index contributed by atoms with van der Waals surface area (Å²) in [5.41, 5.74) is 2.04. The molecule has 1 aromatic carbocycles. The van der Waals surface area contributed by atoms with Gasteiger partial charge < -0.3 is 29.9 Å². The van der Waals surface area contributed by atoms with Crippen molar-refractivity contribution in [2.45, 2.75) is 117 Å². The van der Waals surface area contributed by atoms with Crippen molar-refractivity contribution in [1.29, 1.82) is 0 Å². The van der Waals surface area contributed by atoms with Crippen LogP contribution in [0.4, 0.5) is 0 Å². The van der Waals surface area contributed by atoms with Crippen molar-refractivity contribution < 1.29 is 28.7 Å². The highest BCUT2D eigenvalue weighted by Crippen LogP contribution is 2.30. The molecular formula is C42H68N6O6. The lowest BCUT2D eigenvalue weighted by Gasteiger charge is -2.41. The minimum Gasteiger partial charge on any atom is -0.379 e. The first-order valence-electron chi connectivity index (χ1n) is 19.8. The summed E-state index contributed by atoms with van der Waals surface area (Å²) in [4.78, 5) is 65.2. The summed E-state index contributed by atoms with van der Waals surface area (Å²) >= 11 is 0. The SMILES string of the molecule is CC[C@H](C)C([C@@H](CC(=O)N1CCC[C@H]1[C@H](OC)[C@@H](C)C(=O)NCCc1ccnc2ccccc12)OC)N(C)C(=O)[C@@H](NC(=O)[C@H](C(C)C)N(C)C)C(C)C. The van der Waals surface area contributed by atoms with E-state index in [4.69, 9.17) is 9.47 Å². The number of fused-ring (bicyclic) bond motifs is 1. The number of rotatable bonds is 20. The second-order valence-electron chi connectivity index (χ2n) is 16.0. The van der Waals surface area contributed by atoms with Gasteiger partial charge in [-0.2, -0.15) is 0 Å². The molecule has 4 amide bonds. The van der Waals surface area contributed by atoms with Crippen LogP contribution in [0.1, 0.15) is 79.7 Å². The van der Waals surface area contributed by atoms with Gasteiger partial charge in [-0.3, -0.25) is 29.1 Å². The van der Waals surface area contributed by atoms with Gasteiger partial charge in [-0.1, -0.05) is 73.1 Å². The molecule has 12 heteroatoms. The van der Waals surface area contributed by atoms with Gasteiger partial charge >= 0.3 is 0 Å². The molecule has 1 saturated heterocycles. The summed E-state index contributed by atoms with van der Waals surface area (Å²) in [7, 11) is 8.66. The molecule has 1 aromatic heterocycles. The van der Waals surface area contributed by atoms with Gasteiger partial charge in [0.05, 0.1) is 48.2 Å². The predicted octanol–water partition coefficient (Wildman–Crippen LogP) is 4.54. The fourth-order valence-electron chi connectivity index (χ4n) is 8.27. The fraction of sp³-hybridized carbons (Fsp3) is 0.690. The molecule has 0 saturated carbocycles. The lowest BCUT2D eigenvalue weighted by Crippen LogP contribution is -2.59. The van der Waals surface area contributed by atoms with Crippen LogP contribution in [0.2, 0.25) is 0 Å². The Balaban J connectivity index is 1.73. The lowest BCUT2D eigenvalue weighted by atomic mass is 9.89. The zero-order valence-electron chi connectivity index (χ0n) is 34.9. The van der Waals surface area contributed by atoms with Gasteiger partial charge in [-0.15, -0.1) is 0 Å². The van der Waals surface area contributed by atoms with E-state index in [2.05, 4.69) is 29.5 Å². The van der Waals surface area contributed by atoms with Crippen LogP contribution in [0, 0.1) is 23.7 Å². The summed E-state index contributed by atoms with van der Waals surface area (Å²) in [5, 5.41) is 7.22. The zero-order valence-corrected chi connectivity index (χ0v) is 34.9. The molecule has 302 valence electrons. The van der Waals surface area contributed by atoms with E-state index in [0.717, 1.165) is 35.7 Å². The number of para-hydroxylation sites is 1. The number of hydrogen-bond acceptors (Lipinski definition) is 8. The summed E-state index contributed by atoms with van der Waals surface area (Å²) in [6, 6.07) is 8.12. The number of aromatic nitrogens is 1. The topological polar surface area (TPSA) is 133 Å². The summed E-state index contributed by atoms with van der Waals surface area (Å²) < 4.78 is 12.0. The molecule has 1 aliphatic rings. The number of methoxy groups -OCH3 is 2. The van der Waals surface area contributed by atoms with Gasteiger partial charge in [0.2, 0.25) is 23.6 Å². The van der Waals surface area contributed by atoms with Gasteiger partial charge in [-0.05, 0) is 68.8 Å². The summed E-state index contributed by atoms with van der Waals surface area (Å²) in [5.74, 6) is -1.23. The molecule has 1 fully saturated rings. The van der Waals surface area contributed by atoms with E-state index in [0.29, 0.717) is 19.5 Å². The number of ether oxygens (including phenoxy) is 2. The lowest BCUT2D eigenvalue weighted by molar-refractivity contribution is -0.148. The highest BCUT2D eigenvalue weighted by molar-refractivity contribution is 5.90. The summed E-state index contributed by atoms with van der Waals surface area (Å²) in [6.07, 6.45) is 3.70. The maximum Gasteiger partial charge on any atom is 0.245 e. The predicted molar refractivity (Wildman–Crippen MR) is 214 cm³/mol. The Morgan fingerprint density at radius 1 is 0.944 bits per heavy atom. The molecule has 8 atom stereocenters. The number of benzene rings is 1. The summed E-state index contributed by atoms with van der Waals surface area (Å²) in [6.45, 7) is 14.8. The average Bonchev–Trinajstić information content (AvgIpc) is 3.62. The fourth-order valence-corrected chi connectivity index (χ4v) is 8.27. The van der Waals surface area contributed by atoms with Crippen LogP contribution in [0.5, 0.6) is 0 Å². The monoisotopic (exact) mass is 753 g/mol. The van der Waals surface area contributed by atoms with Crippen molar-refractivity contribution in [1.82, 2.24) is 30.3 Å². The first-order chi connectivity index (χ1) is 25.6. The first kappa shape index (κ1) is 44.8. The van der Waals surface area contributed by atoms with Gasteiger partial charge in [0.1, 0.15) is 6.04 Å². The third-order valence-corrected chi connectivity index (χ3v) is 11.4. The highest BCUT2D eigenvalue weighted by Gasteiger charge is 2.43. The minimum atomic E-state index is -0.745. The molecule has 0 radical (unpaired) electrons. The molecule has 2 aromatic rings. The van der Waals surface area contributed by atoms with Gasteiger partial charge in [0.15, 0.2) is 0 Å². The van der Waals surface area contributed by atoms with Crippen molar-refractivity contribution in [3.05, 3.63) is 42.1 Å². The molecular weight excluding hydrogens is 684 g/mol. The number of likely N-dealkylation sites (N-methyl/N-ethyl adjacent to an activating group) is 2. The molecule has 2 heterocycles. The van der Waals surface area contributed by atoms with Crippen LogP contribution in [-0.4, -0.2) is 128 Å². The van der Waals surface area contributed by atoms with Crippen LogP contribution in [0.3, 0.4) is 0 Å². The zero-order chi connectivity index (χ0) is 40.3. The Bertz CT molecular complexity index is 1520. The number of likely N-dealkylation sites (tertiary alicyclic amines) is 1. The molecule has 1 aliphatic heterocycles. The highest BCUT2D eigenvalue weighted by atomic mass is 16.5. The van der Waals surface area contributed by atoms with Crippen molar-refractivity contribution in [3.8, 4) is 0 Å². The van der Waals surface area contributed by atoms with Crippen LogP contribution in [0.25, 0.3) is 10.9 Å². The third kappa shape index (κ3) is 11.0. The Kier molecular flexibility index (Phi) is 17.3. The van der Waals surface area contributed by atoms with Crippen LogP contribution >= 0.6 is 0 Å². The number of nitrogens with zero attached hydrogens (tertiary/aromatic N) is 4. The molecule has 54 heavy (non-hydrogen) atoms. The molecule has 1 unspecified atom stereocenters. The second-order valence-corrected chi connectivity index (χ2v) is 16.0. The molecule has 12 nitrogen and oxygen atoms in total. The molecule has 0 bridgehead atoms. The van der Waals surface area contributed by atoms with Gasteiger partial charge in [0.25, 0.3) is 0 Å². The van der Waals surface area contributed by atoms with Crippen molar-refractivity contribution in [3.63, 3.8) is 0 Å². The smallest absolute Gasteiger partial charge is 0.245 e. The van der Waals surface area contributed by atoms with Crippen molar-refractivity contribution in [2.75, 3.05) is 48.5 Å². The number of pyridine rings is 1. The number of nitrogens with one attached hydrogen (secondary N) is 2. The van der Waals surface area contributed by atoms with Crippen LogP contribution in [0.15, 0.2) is 36.5 Å².